The highest BCUT2D eigenvalue weighted by atomic mass is 19.1. The number of rotatable bonds is 7. The Morgan fingerprint density at radius 1 is 1.21 bits per heavy atom. The van der Waals surface area contributed by atoms with Crippen LogP contribution in [-0.2, 0) is 28.5 Å². The number of amides is 2. The van der Waals surface area contributed by atoms with Gasteiger partial charge in [0.05, 0.1) is 18.7 Å². The molecule has 7 heteroatoms. The zero-order valence-electron chi connectivity index (χ0n) is 17.3. The van der Waals surface area contributed by atoms with Crippen molar-refractivity contribution in [2.24, 2.45) is 7.05 Å². The number of anilines is 1. The molecule has 0 aliphatic rings. The second kappa shape index (κ2) is 8.99. The summed E-state index contributed by atoms with van der Waals surface area (Å²) in [6.07, 6.45) is 0.871. The molecule has 0 fully saturated rings. The van der Waals surface area contributed by atoms with Gasteiger partial charge in [0.2, 0.25) is 11.8 Å². The second-order valence-electron chi connectivity index (χ2n) is 7.96. The average Bonchev–Trinajstić information content (AvgIpc) is 2.97. The molecular weight excluding hydrogens is 359 g/mol. The van der Waals surface area contributed by atoms with Crippen molar-refractivity contribution in [3.8, 4) is 0 Å². The summed E-state index contributed by atoms with van der Waals surface area (Å²) >= 11 is 0. The van der Waals surface area contributed by atoms with Gasteiger partial charge in [0, 0.05) is 25.1 Å². The molecule has 0 saturated heterocycles. The number of carbonyl (C=O) groups excluding carboxylic acids is 2. The van der Waals surface area contributed by atoms with E-state index in [4.69, 9.17) is 0 Å². The van der Waals surface area contributed by atoms with Crippen LogP contribution in [0.15, 0.2) is 30.3 Å². The van der Waals surface area contributed by atoms with Gasteiger partial charge >= 0.3 is 0 Å². The topological polar surface area (TPSA) is 67.2 Å². The van der Waals surface area contributed by atoms with E-state index in [2.05, 4.69) is 31.2 Å². The van der Waals surface area contributed by atoms with Gasteiger partial charge in [-0.1, -0.05) is 39.8 Å². The van der Waals surface area contributed by atoms with Crippen LogP contribution in [0, 0.1) is 5.82 Å². The maximum Gasteiger partial charge on any atom is 0.245 e. The smallest absolute Gasteiger partial charge is 0.245 e. The van der Waals surface area contributed by atoms with Crippen LogP contribution >= 0.6 is 0 Å². The van der Waals surface area contributed by atoms with Crippen molar-refractivity contribution in [3.05, 3.63) is 47.4 Å². The Labute approximate surface area is 165 Å². The number of nitrogens with zero attached hydrogens (tertiary/aromatic N) is 3. The molecule has 2 amide bonds. The molecule has 0 aliphatic heterocycles. The van der Waals surface area contributed by atoms with Crippen LogP contribution in [-0.4, -0.2) is 39.6 Å². The van der Waals surface area contributed by atoms with Crippen LogP contribution in [0.25, 0.3) is 0 Å². The predicted octanol–water partition coefficient (Wildman–Crippen LogP) is 3.28. The molecule has 0 radical (unpaired) electrons. The van der Waals surface area contributed by atoms with E-state index in [9.17, 15) is 14.0 Å². The lowest BCUT2D eigenvalue weighted by atomic mass is 9.92. The average molecular weight is 388 g/mol. The Morgan fingerprint density at radius 3 is 2.39 bits per heavy atom. The first kappa shape index (κ1) is 21.6. The van der Waals surface area contributed by atoms with Crippen LogP contribution in [0.3, 0.4) is 0 Å². The fraction of sp³-hybridized carbons (Fsp3) is 0.476. The predicted molar refractivity (Wildman–Crippen MR) is 108 cm³/mol. The number of nitrogens with one attached hydrogen (secondary N) is 1. The highest BCUT2D eigenvalue weighted by molar-refractivity contribution is 5.94. The molecule has 0 aliphatic carbocycles. The molecule has 1 aromatic carbocycles. The van der Waals surface area contributed by atoms with Crippen molar-refractivity contribution in [1.29, 1.82) is 0 Å². The minimum Gasteiger partial charge on any atom is -0.333 e. The molecule has 0 atom stereocenters. The summed E-state index contributed by atoms with van der Waals surface area (Å²) in [5.41, 5.74) is 1.47. The van der Waals surface area contributed by atoms with Gasteiger partial charge < -0.3 is 10.2 Å². The van der Waals surface area contributed by atoms with Gasteiger partial charge in [0.25, 0.3) is 0 Å². The lowest BCUT2D eigenvalue weighted by Crippen LogP contribution is -2.39. The Bertz CT molecular complexity index is 822. The van der Waals surface area contributed by atoms with E-state index in [1.807, 2.05) is 13.0 Å². The molecule has 1 heterocycles. The van der Waals surface area contributed by atoms with E-state index >= 15 is 0 Å². The van der Waals surface area contributed by atoms with Crippen LogP contribution < -0.4 is 5.32 Å². The molecule has 28 heavy (non-hydrogen) atoms. The van der Waals surface area contributed by atoms with Crippen LogP contribution in [0.1, 0.15) is 45.4 Å². The van der Waals surface area contributed by atoms with Gasteiger partial charge in [-0.25, -0.2) is 4.39 Å². The molecule has 0 unspecified atom stereocenters. The minimum atomic E-state index is -0.341. The fourth-order valence-corrected chi connectivity index (χ4v) is 2.76. The number of halogens is 1. The lowest BCUT2D eigenvalue weighted by molar-refractivity contribution is -0.134. The Morgan fingerprint density at radius 2 is 1.86 bits per heavy atom. The number of hydrogen-bond donors (Lipinski definition) is 1. The van der Waals surface area contributed by atoms with E-state index in [0.717, 1.165) is 17.7 Å². The normalized spacial score (nSPS) is 11.4. The van der Waals surface area contributed by atoms with Gasteiger partial charge in [0.15, 0.2) is 0 Å². The van der Waals surface area contributed by atoms with Crippen molar-refractivity contribution in [2.45, 2.75) is 46.0 Å². The zero-order valence-corrected chi connectivity index (χ0v) is 17.3. The molecule has 2 rings (SSSR count). The maximum absolute atomic E-state index is 13.0. The van der Waals surface area contributed by atoms with Crippen molar-refractivity contribution in [2.75, 3.05) is 18.4 Å². The molecule has 2 aromatic rings. The van der Waals surface area contributed by atoms with Gasteiger partial charge in [-0.2, -0.15) is 5.10 Å². The number of carbonyl (C=O) groups is 2. The van der Waals surface area contributed by atoms with Crippen molar-refractivity contribution in [3.63, 3.8) is 0 Å². The van der Waals surface area contributed by atoms with Crippen LogP contribution in [0.2, 0.25) is 0 Å². The fourth-order valence-electron chi connectivity index (χ4n) is 2.76. The third-order valence-corrected chi connectivity index (χ3v) is 4.37. The summed E-state index contributed by atoms with van der Waals surface area (Å²) in [5.74, 6) is -0.183. The Balaban J connectivity index is 2.03. The number of hydrogen-bond acceptors (Lipinski definition) is 3. The van der Waals surface area contributed by atoms with Gasteiger partial charge in [0.1, 0.15) is 11.6 Å². The summed E-state index contributed by atoms with van der Waals surface area (Å²) in [4.78, 5) is 26.7. The quantitative estimate of drug-likeness (QED) is 0.792. The molecule has 0 spiro atoms. The van der Waals surface area contributed by atoms with Crippen molar-refractivity contribution < 1.29 is 14.0 Å². The number of benzene rings is 1. The SMILES string of the molecule is CCCN(CC(=O)Nc1cc(C(C)(C)C)nn1C)C(=O)Cc1ccc(F)cc1. The molecular formula is C21H29FN4O2. The van der Waals surface area contributed by atoms with Gasteiger partial charge in [-0.15, -0.1) is 0 Å². The van der Waals surface area contributed by atoms with Crippen LogP contribution in [0.4, 0.5) is 10.2 Å². The molecule has 152 valence electrons. The van der Waals surface area contributed by atoms with E-state index in [1.54, 1.807) is 23.9 Å². The van der Waals surface area contributed by atoms with Crippen molar-refractivity contribution >= 4 is 17.6 Å². The largest absolute Gasteiger partial charge is 0.333 e. The van der Waals surface area contributed by atoms with E-state index < -0.39 is 0 Å². The highest BCUT2D eigenvalue weighted by Gasteiger charge is 2.21. The first-order chi connectivity index (χ1) is 13.1. The van der Waals surface area contributed by atoms with Crippen molar-refractivity contribution in [1.82, 2.24) is 14.7 Å². The summed E-state index contributed by atoms with van der Waals surface area (Å²) < 4.78 is 14.7. The third kappa shape index (κ3) is 5.90. The molecule has 1 aromatic heterocycles. The van der Waals surface area contributed by atoms with E-state index in [1.165, 1.54) is 17.0 Å². The number of aromatic nitrogens is 2. The summed E-state index contributed by atoms with van der Waals surface area (Å²) in [6.45, 7) is 8.55. The summed E-state index contributed by atoms with van der Waals surface area (Å²) in [6, 6.07) is 7.67. The molecule has 0 bridgehead atoms. The summed E-state index contributed by atoms with van der Waals surface area (Å²) in [5, 5.41) is 7.28. The Hall–Kier alpha value is -2.70. The molecule has 0 saturated carbocycles. The summed E-state index contributed by atoms with van der Waals surface area (Å²) in [7, 11) is 1.77. The monoisotopic (exact) mass is 388 g/mol. The first-order valence-corrected chi connectivity index (χ1v) is 9.46. The van der Waals surface area contributed by atoms with Crippen LogP contribution in [0.5, 0.6) is 0 Å². The Kier molecular flexibility index (Phi) is 6.94. The number of aryl methyl sites for hydroxylation is 1. The standard InChI is InChI=1S/C21H29FN4O2/c1-6-11-26(20(28)12-15-7-9-16(22)10-8-15)14-19(27)23-18-13-17(21(2,3)4)24-25(18)5/h7-10,13H,6,11-12,14H2,1-5H3,(H,23,27). The zero-order chi connectivity index (χ0) is 20.9. The second-order valence-corrected chi connectivity index (χ2v) is 7.96. The molecule has 1 N–H and O–H groups in total. The van der Waals surface area contributed by atoms with Gasteiger partial charge in [-0.05, 0) is 24.1 Å². The van der Waals surface area contributed by atoms with E-state index in [0.29, 0.717) is 12.4 Å². The van der Waals surface area contributed by atoms with E-state index in [-0.39, 0.29) is 36.0 Å². The minimum absolute atomic E-state index is 0.0378. The first-order valence-electron chi connectivity index (χ1n) is 9.46. The maximum atomic E-state index is 13.0. The molecule has 6 nitrogen and oxygen atoms in total. The van der Waals surface area contributed by atoms with Gasteiger partial charge in [-0.3, -0.25) is 14.3 Å². The lowest BCUT2D eigenvalue weighted by Gasteiger charge is -2.21. The third-order valence-electron chi connectivity index (χ3n) is 4.37. The highest BCUT2D eigenvalue weighted by Crippen LogP contribution is 2.23.